The van der Waals surface area contributed by atoms with E-state index in [0.29, 0.717) is 13.1 Å². The highest BCUT2D eigenvalue weighted by molar-refractivity contribution is 6.01. The van der Waals surface area contributed by atoms with Crippen LogP contribution in [0, 0.1) is 13.8 Å². The number of nitrogens with zero attached hydrogens (tertiary/aromatic N) is 5. The van der Waals surface area contributed by atoms with Gasteiger partial charge in [-0.25, -0.2) is 4.98 Å². The Morgan fingerprint density at radius 3 is 2.73 bits per heavy atom. The summed E-state index contributed by atoms with van der Waals surface area (Å²) in [6, 6.07) is 1.87. The Morgan fingerprint density at radius 1 is 1.19 bits per heavy atom. The van der Waals surface area contributed by atoms with Crippen LogP contribution in [0.15, 0.2) is 35.3 Å². The van der Waals surface area contributed by atoms with E-state index in [0.717, 1.165) is 11.4 Å². The first-order chi connectivity index (χ1) is 12.5. The third kappa shape index (κ3) is 4.09. The Hall–Kier alpha value is -3.56. The fourth-order valence-electron chi connectivity index (χ4n) is 2.28. The van der Waals surface area contributed by atoms with Crippen molar-refractivity contribution in [3.63, 3.8) is 0 Å². The third-order valence-corrected chi connectivity index (χ3v) is 3.47. The average molecular weight is 355 g/mol. The molecule has 0 aliphatic carbocycles. The van der Waals surface area contributed by atoms with Gasteiger partial charge in [-0.1, -0.05) is 0 Å². The molecule has 2 amide bonds. The van der Waals surface area contributed by atoms with Crippen molar-refractivity contribution < 1.29 is 14.0 Å². The number of rotatable bonds is 6. The van der Waals surface area contributed by atoms with Crippen molar-refractivity contribution in [1.29, 1.82) is 0 Å². The van der Waals surface area contributed by atoms with Crippen molar-refractivity contribution in [3.05, 3.63) is 53.7 Å². The number of carbonyl (C=O) groups is 2. The van der Waals surface area contributed by atoms with E-state index in [1.54, 1.807) is 0 Å². The lowest BCUT2D eigenvalue weighted by Crippen LogP contribution is -2.28. The van der Waals surface area contributed by atoms with Crippen LogP contribution in [-0.2, 0) is 6.54 Å². The lowest BCUT2D eigenvalue weighted by atomic mass is 10.4. The van der Waals surface area contributed by atoms with Crippen molar-refractivity contribution in [2.24, 2.45) is 0 Å². The molecule has 0 aromatic carbocycles. The predicted molar refractivity (Wildman–Crippen MR) is 90.5 cm³/mol. The lowest BCUT2D eigenvalue weighted by Gasteiger charge is -2.05. The minimum absolute atomic E-state index is 0.0628. The summed E-state index contributed by atoms with van der Waals surface area (Å²) in [5, 5.41) is 9.46. The Bertz CT molecular complexity index is 917. The molecule has 134 valence electrons. The van der Waals surface area contributed by atoms with Crippen molar-refractivity contribution in [1.82, 2.24) is 30.0 Å². The molecule has 26 heavy (non-hydrogen) atoms. The molecule has 0 atom stereocenters. The van der Waals surface area contributed by atoms with Gasteiger partial charge in [0.15, 0.2) is 5.69 Å². The molecule has 3 aromatic rings. The van der Waals surface area contributed by atoms with Gasteiger partial charge < -0.3 is 9.73 Å². The number of aryl methyl sites for hydroxylation is 2. The number of anilines is 1. The van der Waals surface area contributed by atoms with Crippen molar-refractivity contribution in [3.8, 4) is 0 Å². The summed E-state index contributed by atoms with van der Waals surface area (Å²) < 4.78 is 6.91. The van der Waals surface area contributed by atoms with Crippen molar-refractivity contribution >= 4 is 17.8 Å². The Balaban J connectivity index is 1.53. The molecule has 0 unspecified atom stereocenters. The van der Waals surface area contributed by atoms with Gasteiger partial charge >= 0.3 is 6.01 Å². The van der Waals surface area contributed by atoms with Crippen LogP contribution in [0.5, 0.6) is 0 Å². The molecule has 0 bridgehead atoms. The third-order valence-electron chi connectivity index (χ3n) is 3.47. The Labute approximate surface area is 148 Å². The molecular weight excluding hydrogens is 338 g/mol. The zero-order valence-electron chi connectivity index (χ0n) is 14.3. The highest BCUT2D eigenvalue weighted by atomic mass is 16.4. The molecule has 3 rings (SSSR count). The van der Waals surface area contributed by atoms with Gasteiger partial charge in [0.25, 0.3) is 11.8 Å². The smallest absolute Gasteiger partial charge is 0.302 e. The van der Waals surface area contributed by atoms with Gasteiger partial charge in [0.2, 0.25) is 0 Å². The molecule has 0 radical (unpaired) electrons. The maximum atomic E-state index is 12.1. The van der Waals surface area contributed by atoms with Crippen LogP contribution < -0.4 is 10.6 Å². The van der Waals surface area contributed by atoms with Crippen LogP contribution >= 0.6 is 0 Å². The summed E-state index contributed by atoms with van der Waals surface area (Å²) >= 11 is 0. The first kappa shape index (κ1) is 17.3. The lowest BCUT2D eigenvalue weighted by molar-refractivity contribution is 0.0945. The Kier molecular flexibility index (Phi) is 5.02. The standard InChI is InChI=1S/C16H17N7O3/c1-10-7-11(2)23(22-10)6-5-19-14(24)13-9-26-16(20-13)21-15(25)12-8-17-3-4-18-12/h3-4,7-9H,5-6H2,1-2H3,(H,19,24)(H,20,21,25). The molecule has 0 saturated carbocycles. The van der Waals surface area contributed by atoms with Gasteiger partial charge in [0.05, 0.1) is 18.4 Å². The minimum Gasteiger partial charge on any atom is -0.431 e. The quantitative estimate of drug-likeness (QED) is 0.674. The van der Waals surface area contributed by atoms with Crippen LogP contribution in [0.4, 0.5) is 6.01 Å². The second-order valence-corrected chi connectivity index (χ2v) is 5.49. The number of amides is 2. The number of aromatic nitrogens is 5. The Morgan fingerprint density at radius 2 is 2.04 bits per heavy atom. The fraction of sp³-hybridized carbons (Fsp3) is 0.250. The summed E-state index contributed by atoms with van der Waals surface area (Å²) in [5.41, 5.74) is 2.12. The van der Waals surface area contributed by atoms with Crippen LogP contribution in [0.25, 0.3) is 0 Å². The number of oxazole rings is 1. The van der Waals surface area contributed by atoms with E-state index in [1.165, 1.54) is 24.9 Å². The largest absolute Gasteiger partial charge is 0.431 e. The van der Waals surface area contributed by atoms with E-state index in [4.69, 9.17) is 4.42 Å². The number of hydrogen-bond acceptors (Lipinski definition) is 7. The molecule has 0 fully saturated rings. The van der Waals surface area contributed by atoms with Crippen LogP contribution in [0.3, 0.4) is 0 Å². The predicted octanol–water partition coefficient (Wildman–Crippen LogP) is 0.960. The normalized spacial score (nSPS) is 10.5. The molecule has 0 aliphatic heterocycles. The minimum atomic E-state index is -0.531. The first-order valence-electron chi connectivity index (χ1n) is 7.85. The monoisotopic (exact) mass is 355 g/mol. The van der Waals surface area contributed by atoms with Gasteiger partial charge in [0, 0.05) is 24.6 Å². The average Bonchev–Trinajstić information content (AvgIpc) is 3.22. The topological polar surface area (TPSA) is 128 Å². The summed E-state index contributed by atoms with van der Waals surface area (Å²) in [6.45, 7) is 4.79. The molecule has 10 heteroatoms. The summed E-state index contributed by atoms with van der Waals surface area (Å²) in [4.78, 5) is 35.6. The summed E-state index contributed by atoms with van der Waals surface area (Å²) in [5.74, 6) is -0.938. The van der Waals surface area contributed by atoms with E-state index in [9.17, 15) is 9.59 Å². The molecule has 3 heterocycles. The maximum Gasteiger partial charge on any atom is 0.302 e. The summed E-state index contributed by atoms with van der Waals surface area (Å²) in [6.07, 6.45) is 5.33. The van der Waals surface area contributed by atoms with Crippen LogP contribution in [0.2, 0.25) is 0 Å². The molecule has 10 nitrogen and oxygen atoms in total. The second-order valence-electron chi connectivity index (χ2n) is 5.49. The number of hydrogen-bond donors (Lipinski definition) is 2. The first-order valence-corrected chi connectivity index (χ1v) is 7.85. The van der Waals surface area contributed by atoms with E-state index >= 15 is 0 Å². The van der Waals surface area contributed by atoms with Gasteiger partial charge in [-0.2, -0.15) is 10.1 Å². The van der Waals surface area contributed by atoms with E-state index in [1.807, 2.05) is 24.6 Å². The van der Waals surface area contributed by atoms with Gasteiger partial charge in [-0.05, 0) is 19.9 Å². The van der Waals surface area contributed by atoms with Crippen molar-refractivity contribution in [2.75, 3.05) is 11.9 Å². The van der Waals surface area contributed by atoms with Gasteiger partial charge in [0.1, 0.15) is 12.0 Å². The molecule has 2 N–H and O–H groups in total. The molecule has 0 saturated heterocycles. The number of carbonyl (C=O) groups excluding carboxylic acids is 2. The zero-order valence-corrected chi connectivity index (χ0v) is 14.3. The second kappa shape index (κ2) is 7.55. The van der Waals surface area contributed by atoms with E-state index in [2.05, 4.69) is 30.7 Å². The molecule has 0 aliphatic rings. The van der Waals surface area contributed by atoms with Crippen molar-refractivity contribution in [2.45, 2.75) is 20.4 Å². The highest BCUT2D eigenvalue weighted by Gasteiger charge is 2.15. The van der Waals surface area contributed by atoms with Gasteiger partial charge in [-0.15, -0.1) is 0 Å². The molecule has 0 spiro atoms. The maximum absolute atomic E-state index is 12.1. The summed E-state index contributed by atoms with van der Waals surface area (Å²) in [7, 11) is 0. The fourth-order valence-corrected chi connectivity index (χ4v) is 2.28. The van der Waals surface area contributed by atoms with Crippen LogP contribution in [-0.4, -0.2) is 43.1 Å². The van der Waals surface area contributed by atoms with Crippen LogP contribution in [0.1, 0.15) is 32.4 Å². The highest BCUT2D eigenvalue weighted by Crippen LogP contribution is 2.09. The zero-order chi connectivity index (χ0) is 18.5. The number of nitrogens with one attached hydrogen (secondary N) is 2. The van der Waals surface area contributed by atoms with E-state index in [-0.39, 0.29) is 17.4 Å². The SMILES string of the molecule is Cc1cc(C)n(CCNC(=O)c2coc(NC(=O)c3cnccn3)n2)n1. The van der Waals surface area contributed by atoms with Gasteiger partial charge in [-0.3, -0.25) is 24.6 Å². The van der Waals surface area contributed by atoms with E-state index < -0.39 is 11.8 Å². The molecular formula is C16H17N7O3. The molecule has 3 aromatic heterocycles.